The summed E-state index contributed by atoms with van der Waals surface area (Å²) in [5.74, 6) is 1.22. The van der Waals surface area contributed by atoms with Gasteiger partial charge in [-0.05, 0) is 62.2 Å². The van der Waals surface area contributed by atoms with Crippen molar-refractivity contribution in [1.29, 1.82) is 0 Å². The van der Waals surface area contributed by atoms with Gasteiger partial charge in [0.05, 0.1) is 17.1 Å². The van der Waals surface area contributed by atoms with Gasteiger partial charge in [-0.1, -0.05) is 6.07 Å². The number of aromatic nitrogens is 5. The molecule has 1 aliphatic rings. The van der Waals surface area contributed by atoms with E-state index in [1.54, 1.807) is 4.52 Å². The lowest BCUT2D eigenvalue weighted by Crippen LogP contribution is -2.14. The Morgan fingerprint density at radius 2 is 1.97 bits per heavy atom. The normalized spacial score (nSPS) is 13.5. The molecule has 152 valence electrons. The molecule has 1 fully saturated rings. The zero-order valence-electron chi connectivity index (χ0n) is 16.9. The number of nitrogens with one attached hydrogen (secondary N) is 1. The molecule has 8 nitrogen and oxygen atoms in total. The zero-order valence-corrected chi connectivity index (χ0v) is 16.9. The van der Waals surface area contributed by atoms with Gasteiger partial charge in [-0.3, -0.25) is 14.8 Å². The molecule has 3 aromatic heterocycles. The second-order valence-corrected chi connectivity index (χ2v) is 7.59. The molecule has 3 heterocycles. The number of ether oxygens (including phenoxy) is 1. The maximum Gasteiger partial charge on any atom is 0.249 e. The minimum absolute atomic E-state index is 0.00225. The number of fused-ring (bicyclic) bond motifs is 1. The molecule has 1 aliphatic carbocycles. The molecule has 0 bridgehead atoms. The number of benzene rings is 1. The molecule has 0 radical (unpaired) electrons. The minimum Gasteiger partial charge on any atom is -0.487 e. The van der Waals surface area contributed by atoms with Gasteiger partial charge in [0, 0.05) is 18.5 Å². The molecule has 4 aromatic rings. The summed E-state index contributed by atoms with van der Waals surface area (Å²) in [6.07, 6.45) is 1.89. The van der Waals surface area contributed by atoms with Gasteiger partial charge in [-0.15, -0.1) is 5.10 Å². The number of hydrogen-bond acceptors (Lipinski definition) is 5. The van der Waals surface area contributed by atoms with Crippen LogP contribution in [0.15, 0.2) is 48.5 Å². The van der Waals surface area contributed by atoms with Gasteiger partial charge in [0.25, 0.3) is 0 Å². The van der Waals surface area contributed by atoms with Gasteiger partial charge in [0.15, 0.2) is 5.65 Å². The fourth-order valence-electron chi connectivity index (χ4n) is 3.41. The van der Waals surface area contributed by atoms with Crippen LogP contribution < -0.4 is 10.1 Å². The van der Waals surface area contributed by atoms with Gasteiger partial charge in [0.2, 0.25) is 11.9 Å². The van der Waals surface area contributed by atoms with Crippen LogP contribution in [0.2, 0.25) is 0 Å². The largest absolute Gasteiger partial charge is 0.487 e. The molecule has 1 N–H and O–H groups in total. The molecular formula is C22H22N6O2. The average Bonchev–Trinajstić information content (AvgIpc) is 3.43. The highest BCUT2D eigenvalue weighted by Crippen LogP contribution is 2.30. The summed E-state index contributed by atoms with van der Waals surface area (Å²) in [6.45, 7) is 2.42. The zero-order chi connectivity index (χ0) is 20.7. The van der Waals surface area contributed by atoms with E-state index in [9.17, 15) is 4.79 Å². The van der Waals surface area contributed by atoms with Crippen molar-refractivity contribution < 1.29 is 9.53 Å². The topological polar surface area (TPSA) is 86.3 Å². The second kappa shape index (κ2) is 7.29. The third-order valence-electron chi connectivity index (χ3n) is 5.18. The third kappa shape index (κ3) is 3.63. The van der Waals surface area contributed by atoms with E-state index in [1.165, 1.54) is 0 Å². The number of carbonyl (C=O) groups excluding carboxylic acids is 1. The highest BCUT2D eigenvalue weighted by molar-refractivity contribution is 5.92. The Balaban J connectivity index is 1.35. The molecule has 0 atom stereocenters. The van der Waals surface area contributed by atoms with Crippen LogP contribution in [0.4, 0.5) is 5.95 Å². The molecule has 1 amide bonds. The maximum atomic E-state index is 12.0. The Hall–Kier alpha value is -3.68. The van der Waals surface area contributed by atoms with Gasteiger partial charge < -0.3 is 4.74 Å². The Bertz CT molecular complexity index is 1220. The van der Waals surface area contributed by atoms with Crippen LogP contribution in [0.1, 0.15) is 24.2 Å². The number of carbonyl (C=O) groups is 1. The lowest BCUT2D eigenvalue weighted by molar-refractivity contribution is -0.117. The first-order valence-corrected chi connectivity index (χ1v) is 9.96. The van der Waals surface area contributed by atoms with E-state index in [2.05, 4.69) is 20.5 Å². The molecule has 0 saturated heterocycles. The predicted molar refractivity (Wildman–Crippen MR) is 112 cm³/mol. The first kappa shape index (κ1) is 18.4. The number of rotatable bonds is 6. The Morgan fingerprint density at radius 1 is 1.17 bits per heavy atom. The van der Waals surface area contributed by atoms with Crippen LogP contribution in [0.25, 0.3) is 16.9 Å². The number of aryl methyl sites for hydroxylation is 2. The van der Waals surface area contributed by atoms with Crippen molar-refractivity contribution in [2.24, 2.45) is 13.0 Å². The van der Waals surface area contributed by atoms with Crippen molar-refractivity contribution in [3.05, 3.63) is 59.9 Å². The predicted octanol–water partition coefficient (Wildman–Crippen LogP) is 3.37. The Labute approximate surface area is 173 Å². The standard InChI is InChI=1S/C22H22N6O2/c1-14-12-17(27(2)25-14)13-30-18-10-8-15(9-11-18)19-4-3-5-20-23-22(26-28(19)20)24-21(29)16-6-7-16/h3-5,8-12,16H,6-7,13H2,1-2H3,(H,24,26,29). The van der Waals surface area contributed by atoms with Crippen molar-refractivity contribution in [2.45, 2.75) is 26.4 Å². The van der Waals surface area contributed by atoms with E-state index in [-0.39, 0.29) is 11.8 Å². The van der Waals surface area contributed by atoms with E-state index in [0.29, 0.717) is 18.2 Å². The van der Waals surface area contributed by atoms with Crippen molar-refractivity contribution >= 4 is 17.5 Å². The van der Waals surface area contributed by atoms with Crippen LogP contribution in [0.5, 0.6) is 5.75 Å². The molecule has 0 unspecified atom stereocenters. The van der Waals surface area contributed by atoms with Gasteiger partial charge in [-0.25, -0.2) is 4.52 Å². The van der Waals surface area contributed by atoms with E-state index < -0.39 is 0 Å². The SMILES string of the molecule is Cc1cc(COc2ccc(-c3cccc4nc(NC(=O)C5CC5)nn34)cc2)n(C)n1. The van der Waals surface area contributed by atoms with Gasteiger partial charge >= 0.3 is 0 Å². The molecule has 0 spiro atoms. The van der Waals surface area contributed by atoms with Gasteiger partial charge in [-0.2, -0.15) is 10.1 Å². The monoisotopic (exact) mass is 402 g/mol. The summed E-state index contributed by atoms with van der Waals surface area (Å²) in [6, 6.07) is 15.6. The van der Waals surface area contributed by atoms with Crippen LogP contribution >= 0.6 is 0 Å². The van der Waals surface area contributed by atoms with Crippen LogP contribution in [0, 0.1) is 12.8 Å². The number of hydrogen-bond donors (Lipinski definition) is 1. The Kier molecular flexibility index (Phi) is 4.46. The number of nitrogens with zero attached hydrogens (tertiary/aromatic N) is 5. The fourth-order valence-corrected chi connectivity index (χ4v) is 3.41. The van der Waals surface area contributed by atoms with Crippen LogP contribution in [-0.4, -0.2) is 30.3 Å². The average molecular weight is 402 g/mol. The fraction of sp³-hybridized carbons (Fsp3) is 0.273. The summed E-state index contributed by atoms with van der Waals surface area (Å²) in [7, 11) is 1.91. The van der Waals surface area contributed by atoms with E-state index in [0.717, 1.165) is 41.2 Å². The van der Waals surface area contributed by atoms with Crippen LogP contribution in [-0.2, 0) is 18.4 Å². The third-order valence-corrected chi connectivity index (χ3v) is 5.18. The van der Waals surface area contributed by atoms with Crippen molar-refractivity contribution in [2.75, 3.05) is 5.32 Å². The van der Waals surface area contributed by atoms with Gasteiger partial charge in [0.1, 0.15) is 12.4 Å². The summed E-state index contributed by atoms with van der Waals surface area (Å²) < 4.78 is 9.47. The van der Waals surface area contributed by atoms with E-state index in [1.807, 2.05) is 67.2 Å². The van der Waals surface area contributed by atoms with Crippen LogP contribution in [0.3, 0.4) is 0 Å². The molecule has 8 heteroatoms. The lowest BCUT2D eigenvalue weighted by Gasteiger charge is -2.08. The summed E-state index contributed by atoms with van der Waals surface area (Å²) >= 11 is 0. The second-order valence-electron chi connectivity index (χ2n) is 7.59. The first-order chi connectivity index (χ1) is 14.6. The number of amides is 1. The lowest BCUT2D eigenvalue weighted by atomic mass is 10.1. The smallest absolute Gasteiger partial charge is 0.249 e. The summed E-state index contributed by atoms with van der Waals surface area (Å²) in [5, 5.41) is 11.6. The molecule has 30 heavy (non-hydrogen) atoms. The quantitative estimate of drug-likeness (QED) is 0.534. The first-order valence-electron chi connectivity index (χ1n) is 9.96. The maximum absolute atomic E-state index is 12.0. The summed E-state index contributed by atoms with van der Waals surface area (Å²) in [4.78, 5) is 16.4. The van der Waals surface area contributed by atoms with E-state index in [4.69, 9.17) is 4.74 Å². The highest BCUT2D eigenvalue weighted by Gasteiger charge is 2.30. The highest BCUT2D eigenvalue weighted by atomic mass is 16.5. The Morgan fingerprint density at radius 3 is 2.67 bits per heavy atom. The molecule has 1 aromatic carbocycles. The number of anilines is 1. The van der Waals surface area contributed by atoms with Crippen molar-refractivity contribution in [3.63, 3.8) is 0 Å². The number of pyridine rings is 1. The molecular weight excluding hydrogens is 380 g/mol. The summed E-state index contributed by atoms with van der Waals surface area (Å²) in [5.41, 5.74) is 4.55. The molecule has 5 rings (SSSR count). The molecule has 1 saturated carbocycles. The van der Waals surface area contributed by atoms with Crippen molar-refractivity contribution in [3.8, 4) is 17.0 Å². The molecule has 0 aliphatic heterocycles. The minimum atomic E-state index is -0.00225. The van der Waals surface area contributed by atoms with E-state index >= 15 is 0 Å². The van der Waals surface area contributed by atoms with Crippen molar-refractivity contribution in [1.82, 2.24) is 24.4 Å².